The summed E-state index contributed by atoms with van der Waals surface area (Å²) in [5.41, 5.74) is 3.35. The van der Waals surface area contributed by atoms with Gasteiger partial charge in [-0.25, -0.2) is 0 Å². The number of benzene rings is 3. The Kier molecular flexibility index (Phi) is 7.13. The van der Waals surface area contributed by atoms with Crippen LogP contribution in [0.4, 0.5) is 5.69 Å². The smallest absolute Gasteiger partial charge is 0.266 e. The summed E-state index contributed by atoms with van der Waals surface area (Å²) in [4.78, 5) is 12.4. The largest absolute Gasteiger partial charge is 0.489 e. The highest BCUT2D eigenvalue weighted by molar-refractivity contribution is 6.42. The van der Waals surface area contributed by atoms with E-state index in [1.807, 2.05) is 31.2 Å². The topological polar surface area (TPSA) is 62.1 Å². The van der Waals surface area contributed by atoms with Crippen LogP contribution in [0.1, 0.15) is 16.7 Å². The van der Waals surface area contributed by atoms with Crippen molar-refractivity contribution in [3.63, 3.8) is 0 Å². The summed E-state index contributed by atoms with van der Waals surface area (Å²) >= 11 is 11.9. The van der Waals surface area contributed by atoms with Gasteiger partial charge in [-0.2, -0.15) is 5.26 Å². The average molecular weight is 437 g/mol. The first-order valence-corrected chi connectivity index (χ1v) is 9.87. The number of nitrogens with zero attached hydrogens (tertiary/aromatic N) is 1. The van der Waals surface area contributed by atoms with Crippen LogP contribution < -0.4 is 10.1 Å². The molecule has 3 aromatic carbocycles. The molecule has 150 valence electrons. The fourth-order valence-corrected chi connectivity index (χ4v) is 2.93. The maximum atomic E-state index is 12.4. The number of carbonyl (C=O) groups excluding carboxylic acids is 1. The van der Waals surface area contributed by atoms with Crippen molar-refractivity contribution in [2.75, 3.05) is 5.32 Å². The Bertz CT molecular complexity index is 1120. The molecule has 0 atom stereocenters. The number of nitriles is 1. The van der Waals surface area contributed by atoms with Crippen LogP contribution >= 0.6 is 23.2 Å². The molecule has 0 saturated heterocycles. The Morgan fingerprint density at radius 3 is 2.37 bits per heavy atom. The summed E-state index contributed by atoms with van der Waals surface area (Å²) in [7, 11) is 0. The van der Waals surface area contributed by atoms with Crippen molar-refractivity contribution in [1.82, 2.24) is 0 Å². The molecule has 0 bridgehead atoms. The predicted molar refractivity (Wildman–Crippen MR) is 121 cm³/mol. The monoisotopic (exact) mass is 436 g/mol. The molecule has 0 radical (unpaired) electrons. The summed E-state index contributed by atoms with van der Waals surface area (Å²) < 4.78 is 5.74. The van der Waals surface area contributed by atoms with E-state index in [0.29, 0.717) is 33.7 Å². The molecule has 0 fully saturated rings. The Morgan fingerprint density at radius 2 is 1.73 bits per heavy atom. The van der Waals surface area contributed by atoms with E-state index < -0.39 is 5.91 Å². The second-order valence-corrected chi connectivity index (χ2v) is 7.41. The molecule has 4 nitrogen and oxygen atoms in total. The first-order valence-electron chi connectivity index (χ1n) is 9.11. The van der Waals surface area contributed by atoms with Crippen LogP contribution in [0.25, 0.3) is 6.08 Å². The van der Waals surface area contributed by atoms with Gasteiger partial charge in [-0.05, 0) is 60.5 Å². The number of hydrogen-bond acceptors (Lipinski definition) is 3. The van der Waals surface area contributed by atoms with Crippen LogP contribution in [0.5, 0.6) is 5.75 Å². The fraction of sp³-hybridized carbons (Fsp3) is 0.0833. The average Bonchev–Trinajstić information content (AvgIpc) is 2.75. The lowest BCUT2D eigenvalue weighted by Gasteiger charge is -2.08. The van der Waals surface area contributed by atoms with Gasteiger partial charge < -0.3 is 10.1 Å². The molecule has 0 spiro atoms. The number of aryl methyl sites for hydroxylation is 1. The van der Waals surface area contributed by atoms with Crippen LogP contribution in [-0.4, -0.2) is 5.91 Å². The quantitative estimate of drug-likeness (QED) is 0.357. The van der Waals surface area contributed by atoms with Crippen molar-refractivity contribution in [2.24, 2.45) is 0 Å². The standard InChI is InChI=1S/C24H18Cl2N2O2/c1-16-2-7-20(8-3-16)28-24(29)19(14-27)12-17-4-9-21(10-5-17)30-15-18-6-11-22(25)23(26)13-18/h2-13H,15H2,1H3,(H,28,29). The van der Waals surface area contributed by atoms with Gasteiger partial charge in [-0.1, -0.05) is 59.1 Å². The molecule has 3 aromatic rings. The van der Waals surface area contributed by atoms with Crippen LogP contribution in [0.3, 0.4) is 0 Å². The molecule has 0 saturated carbocycles. The molecule has 0 unspecified atom stereocenters. The maximum absolute atomic E-state index is 12.4. The zero-order valence-corrected chi connectivity index (χ0v) is 17.7. The Hall–Kier alpha value is -3.26. The highest BCUT2D eigenvalue weighted by Gasteiger charge is 2.09. The van der Waals surface area contributed by atoms with Gasteiger partial charge in [0.1, 0.15) is 24.0 Å². The lowest BCUT2D eigenvalue weighted by atomic mass is 10.1. The number of nitrogens with one attached hydrogen (secondary N) is 1. The lowest BCUT2D eigenvalue weighted by Crippen LogP contribution is -2.13. The predicted octanol–water partition coefficient (Wildman–Crippen LogP) is 6.43. The normalized spacial score (nSPS) is 10.9. The summed E-state index contributed by atoms with van der Waals surface area (Å²) in [6, 6.07) is 21.7. The number of carbonyl (C=O) groups is 1. The van der Waals surface area contributed by atoms with Crippen LogP contribution in [0.2, 0.25) is 10.0 Å². The number of halogens is 2. The van der Waals surface area contributed by atoms with Crippen LogP contribution in [0.15, 0.2) is 72.3 Å². The van der Waals surface area contributed by atoms with E-state index >= 15 is 0 Å². The molecule has 1 amide bonds. The van der Waals surface area contributed by atoms with E-state index in [-0.39, 0.29) is 5.57 Å². The number of hydrogen-bond donors (Lipinski definition) is 1. The molecular weight excluding hydrogens is 419 g/mol. The number of rotatable bonds is 6. The summed E-state index contributed by atoms with van der Waals surface area (Å²) in [5, 5.41) is 13.1. The van der Waals surface area contributed by atoms with Gasteiger partial charge in [-0.15, -0.1) is 0 Å². The third-order valence-corrected chi connectivity index (χ3v) is 4.99. The number of ether oxygens (including phenoxy) is 1. The van der Waals surface area contributed by atoms with E-state index in [2.05, 4.69) is 5.32 Å². The molecule has 0 aliphatic heterocycles. The van der Waals surface area contributed by atoms with Crippen molar-refractivity contribution in [3.8, 4) is 11.8 Å². The number of amides is 1. The third-order valence-electron chi connectivity index (χ3n) is 4.26. The van der Waals surface area contributed by atoms with Crippen LogP contribution in [-0.2, 0) is 11.4 Å². The first kappa shape index (κ1) is 21.4. The molecular formula is C24H18Cl2N2O2. The van der Waals surface area contributed by atoms with Gasteiger partial charge in [0.05, 0.1) is 10.0 Å². The Morgan fingerprint density at radius 1 is 1.03 bits per heavy atom. The molecule has 0 aliphatic carbocycles. The van der Waals surface area contributed by atoms with Crippen LogP contribution in [0, 0.1) is 18.3 Å². The molecule has 0 aliphatic rings. The zero-order chi connectivity index (χ0) is 21.5. The summed E-state index contributed by atoms with van der Waals surface area (Å²) in [5.74, 6) is 0.196. The zero-order valence-electron chi connectivity index (χ0n) is 16.2. The number of anilines is 1. The summed E-state index contributed by atoms with van der Waals surface area (Å²) in [6.07, 6.45) is 1.53. The maximum Gasteiger partial charge on any atom is 0.266 e. The Balaban J connectivity index is 1.64. The van der Waals surface area contributed by atoms with E-state index in [9.17, 15) is 10.1 Å². The Labute approximate surface area is 185 Å². The minimum absolute atomic E-state index is 0.0139. The second kappa shape index (κ2) is 9.98. The highest BCUT2D eigenvalue weighted by atomic mass is 35.5. The van der Waals surface area contributed by atoms with Crippen molar-refractivity contribution < 1.29 is 9.53 Å². The second-order valence-electron chi connectivity index (χ2n) is 6.60. The third kappa shape index (κ3) is 5.87. The fourth-order valence-electron chi connectivity index (χ4n) is 2.61. The lowest BCUT2D eigenvalue weighted by molar-refractivity contribution is -0.112. The molecule has 0 aromatic heterocycles. The van der Waals surface area contributed by atoms with E-state index in [1.165, 1.54) is 6.08 Å². The molecule has 1 N–H and O–H groups in total. The SMILES string of the molecule is Cc1ccc(NC(=O)C(C#N)=Cc2ccc(OCc3ccc(Cl)c(Cl)c3)cc2)cc1. The van der Waals surface area contributed by atoms with Crippen molar-refractivity contribution >= 4 is 40.9 Å². The van der Waals surface area contributed by atoms with Crippen molar-refractivity contribution in [2.45, 2.75) is 13.5 Å². The first-order chi connectivity index (χ1) is 14.4. The van der Waals surface area contributed by atoms with Gasteiger partial charge in [0.15, 0.2) is 0 Å². The minimum Gasteiger partial charge on any atom is -0.489 e. The molecule has 30 heavy (non-hydrogen) atoms. The van der Waals surface area contributed by atoms with Gasteiger partial charge in [-0.3, -0.25) is 4.79 Å². The molecule has 3 rings (SSSR count). The van der Waals surface area contributed by atoms with Crippen molar-refractivity contribution in [1.29, 1.82) is 5.26 Å². The minimum atomic E-state index is -0.457. The summed E-state index contributed by atoms with van der Waals surface area (Å²) in [6.45, 7) is 2.30. The van der Waals surface area contributed by atoms with E-state index in [4.69, 9.17) is 27.9 Å². The van der Waals surface area contributed by atoms with Crippen molar-refractivity contribution in [3.05, 3.63) is 99.0 Å². The highest BCUT2D eigenvalue weighted by Crippen LogP contribution is 2.24. The van der Waals surface area contributed by atoms with Gasteiger partial charge in [0, 0.05) is 5.69 Å². The van der Waals surface area contributed by atoms with E-state index in [1.54, 1.807) is 48.5 Å². The van der Waals surface area contributed by atoms with Gasteiger partial charge in [0.25, 0.3) is 5.91 Å². The van der Waals surface area contributed by atoms with Gasteiger partial charge >= 0.3 is 0 Å². The molecule has 0 heterocycles. The van der Waals surface area contributed by atoms with E-state index in [0.717, 1.165) is 11.1 Å². The molecule has 6 heteroatoms. The van der Waals surface area contributed by atoms with Gasteiger partial charge in [0.2, 0.25) is 0 Å².